The molecule has 6 heteroatoms. The van der Waals surface area contributed by atoms with Gasteiger partial charge in [-0.15, -0.1) is 0 Å². The zero-order chi connectivity index (χ0) is 17.3. The number of pyridine rings is 1. The van der Waals surface area contributed by atoms with Crippen LogP contribution in [0.25, 0.3) is 0 Å². The van der Waals surface area contributed by atoms with Crippen LogP contribution < -0.4 is 0 Å². The summed E-state index contributed by atoms with van der Waals surface area (Å²) in [6, 6.07) is 6.98. The minimum absolute atomic E-state index is 0.164. The molecule has 0 amide bonds. The summed E-state index contributed by atoms with van der Waals surface area (Å²) in [7, 11) is 0. The van der Waals surface area contributed by atoms with Crippen molar-refractivity contribution >= 4 is 43.4 Å². The van der Waals surface area contributed by atoms with E-state index in [1.54, 1.807) is 12.1 Å². The third kappa shape index (κ3) is 3.35. The number of phenols is 1. The Kier molecular flexibility index (Phi) is 4.96. The molecule has 122 valence electrons. The molecule has 0 radical (unpaired) electrons. The molecule has 0 fully saturated rings. The number of carbonyl (C=O) groups excluding carboxylic acids is 2. The monoisotopic (exact) mass is 449 g/mol. The van der Waals surface area contributed by atoms with Crippen LogP contribution >= 0.6 is 31.9 Å². The number of rotatable bonds is 4. The quantitative estimate of drug-likeness (QED) is 0.736. The number of aryl methyl sites for hydroxylation is 1. The van der Waals surface area contributed by atoms with E-state index in [1.165, 1.54) is 12.3 Å². The highest BCUT2D eigenvalue weighted by molar-refractivity contribution is 9.11. The maximum atomic E-state index is 12.4. The summed E-state index contributed by atoms with van der Waals surface area (Å²) in [5.74, 6) is -0.168. The van der Waals surface area contributed by atoms with Crippen LogP contribution in [-0.2, 0) is 6.42 Å². The molecule has 1 N–H and O–H groups in total. The number of phenolic OH excluding ortho intramolecular Hbond substituents is 1. The molecular weight excluding hydrogens is 438 g/mol. The summed E-state index contributed by atoms with van der Waals surface area (Å²) >= 11 is 6.60. The molecule has 4 nitrogen and oxygen atoms in total. The first-order chi connectivity index (χ1) is 11.5. The molecular formula is C18H13Br2NO3. The van der Waals surface area contributed by atoms with Gasteiger partial charge in [-0.2, -0.15) is 0 Å². The number of nitrogens with zero attached hydrogens (tertiary/aromatic N) is 1. The number of aromatic hydroxyl groups is 1. The normalized spacial score (nSPS) is 13.7. The van der Waals surface area contributed by atoms with Crippen LogP contribution in [0.4, 0.5) is 0 Å². The fourth-order valence-corrected chi connectivity index (χ4v) is 3.95. The van der Waals surface area contributed by atoms with E-state index < -0.39 is 0 Å². The van der Waals surface area contributed by atoms with E-state index >= 15 is 0 Å². The highest BCUT2D eigenvalue weighted by Gasteiger charge is 2.25. The summed E-state index contributed by atoms with van der Waals surface area (Å²) in [5.41, 5.74) is 2.15. The molecule has 1 aromatic heterocycles. The second-order valence-electron chi connectivity index (χ2n) is 5.52. The molecule has 1 aliphatic carbocycles. The van der Waals surface area contributed by atoms with E-state index in [0.717, 1.165) is 18.4 Å². The van der Waals surface area contributed by atoms with Gasteiger partial charge in [-0.1, -0.05) is 0 Å². The van der Waals surface area contributed by atoms with Gasteiger partial charge in [-0.3, -0.25) is 14.6 Å². The fourth-order valence-electron chi connectivity index (χ4n) is 2.67. The van der Waals surface area contributed by atoms with Gasteiger partial charge in [0.2, 0.25) is 5.78 Å². The Labute approximate surface area is 155 Å². The van der Waals surface area contributed by atoms with Crippen molar-refractivity contribution in [1.29, 1.82) is 0 Å². The lowest BCUT2D eigenvalue weighted by atomic mass is 9.90. The smallest absolute Gasteiger partial charge is 0.208 e. The summed E-state index contributed by atoms with van der Waals surface area (Å²) in [4.78, 5) is 28.6. The van der Waals surface area contributed by atoms with Crippen molar-refractivity contribution in [2.75, 3.05) is 0 Å². The van der Waals surface area contributed by atoms with E-state index in [2.05, 4.69) is 36.8 Å². The van der Waals surface area contributed by atoms with Crippen molar-refractivity contribution in [3.8, 4) is 5.75 Å². The second-order valence-corrected chi connectivity index (χ2v) is 7.23. The Bertz CT molecular complexity index is 851. The summed E-state index contributed by atoms with van der Waals surface area (Å²) in [6.45, 7) is 0. The van der Waals surface area contributed by atoms with Crippen LogP contribution in [0.5, 0.6) is 5.75 Å². The number of fused-ring (bicyclic) bond motifs is 1. The molecule has 1 heterocycles. The maximum absolute atomic E-state index is 12.4. The number of carbonyl (C=O) groups is 2. The van der Waals surface area contributed by atoms with E-state index in [1.807, 2.05) is 12.1 Å². The van der Waals surface area contributed by atoms with Gasteiger partial charge in [0.1, 0.15) is 11.4 Å². The van der Waals surface area contributed by atoms with Crippen LogP contribution in [0, 0.1) is 0 Å². The predicted molar refractivity (Wildman–Crippen MR) is 97.4 cm³/mol. The standard InChI is InChI=1S/C18H13Br2NO3/c19-13-7-10(8-14(20)18(13)24)3-1-4-11-9-15(22)12-5-2-6-21-16(12)17(11)23/h2,5-9,24H,1,3-4H2. The molecule has 0 spiro atoms. The van der Waals surface area contributed by atoms with E-state index in [4.69, 9.17) is 0 Å². The van der Waals surface area contributed by atoms with Crippen molar-refractivity contribution in [1.82, 2.24) is 4.98 Å². The molecule has 0 saturated heterocycles. The number of Topliss-reactive ketones (excluding diaryl/α,β-unsaturated/α-hetero) is 1. The van der Waals surface area contributed by atoms with Crippen LogP contribution in [0.15, 0.2) is 51.1 Å². The third-order valence-corrected chi connectivity index (χ3v) is 5.08. The summed E-state index contributed by atoms with van der Waals surface area (Å²) < 4.78 is 1.24. The van der Waals surface area contributed by atoms with Crippen LogP contribution in [0.2, 0.25) is 0 Å². The van der Waals surface area contributed by atoms with Gasteiger partial charge in [0.05, 0.1) is 14.5 Å². The molecule has 0 bridgehead atoms. The minimum atomic E-state index is -0.168. The first-order valence-corrected chi connectivity index (χ1v) is 8.97. The van der Waals surface area contributed by atoms with Crippen LogP contribution in [0.1, 0.15) is 39.3 Å². The average Bonchev–Trinajstić information content (AvgIpc) is 2.57. The Hall–Kier alpha value is -1.79. The van der Waals surface area contributed by atoms with Crippen molar-refractivity contribution in [2.24, 2.45) is 0 Å². The number of hydrogen-bond donors (Lipinski definition) is 1. The number of hydrogen-bond acceptors (Lipinski definition) is 4. The minimum Gasteiger partial charge on any atom is -0.506 e. The van der Waals surface area contributed by atoms with Crippen molar-refractivity contribution < 1.29 is 14.7 Å². The van der Waals surface area contributed by atoms with Gasteiger partial charge < -0.3 is 5.11 Å². The van der Waals surface area contributed by atoms with E-state index in [9.17, 15) is 14.7 Å². The molecule has 1 aromatic carbocycles. The topological polar surface area (TPSA) is 67.3 Å². The van der Waals surface area contributed by atoms with Gasteiger partial charge in [-0.25, -0.2) is 0 Å². The lowest BCUT2D eigenvalue weighted by molar-refractivity contribution is 0.0977. The number of halogens is 2. The van der Waals surface area contributed by atoms with Crippen molar-refractivity contribution in [2.45, 2.75) is 19.3 Å². The first kappa shape index (κ1) is 17.0. The lowest BCUT2D eigenvalue weighted by Crippen LogP contribution is -2.18. The zero-order valence-corrected chi connectivity index (χ0v) is 15.7. The van der Waals surface area contributed by atoms with Crippen LogP contribution in [-0.4, -0.2) is 21.7 Å². The Morgan fingerprint density at radius 3 is 2.50 bits per heavy atom. The Morgan fingerprint density at radius 1 is 1.08 bits per heavy atom. The van der Waals surface area contributed by atoms with E-state index in [-0.39, 0.29) is 23.0 Å². The lowest BCUT2D eigenvalue weighted by Gasteiger charge is -2.14. The fraction of sp³-hybridized carbons (Fsp3) is 0.167. The van der Waals surface area contributed by atoms with Crippen molar-refractivity contribution in [3.63, 3.8) is 0 Å². The number of allylic oxidation sites excluding steroid dienone is 2. The third-order valence-electron chi connectivity index (χ3n) is 3.87. The zero-order valence-electron chi connectivity index (χ0n) is 12.6. The molecule has 3 rings (SSSR count). The van der Waals surface area contributed by atoms with Gasteiger partial charge >= 0.3 is 0 Å². The largest absolute Gasteiger partial charge is 0.506 e. The highest BCUT2D eigenvalue weighted by atomic mass is 79.9. The van der Waals surface area contributed by atoms with Crippen LogP contribution in [0.3, 0.4) is 0 Å². The Balaban J connectivity index is 1.70. The van der Waals surface area contributed by atoms with Gasteiger partial charge in [-0.05, 0) is 87.0 Å². The molecule has 24 heavy (non-hydrogen) atoms. The second kappa shape index (κ2) is 6.99. The SMILES string of the molecule is O=C1C=C(CCCc2cc(Br)c(O)c(Br)c2)C(=O)c2ncccc21. The molecule has 0 unspecified atom stereocenters. The van der Waals surface area contributed by atoms with Gasteiger partial charge in [0.25, 0.3) is 0 Å². The van der Waals surface area contributed by atoms with Gasteiger partial charge in [0, 0.05) is 11.8 Å². The van der Waals surface area contributed by atoms with Crippen molar-refractivity contribution in [3.05, 3.63) is 67.9 Å². The summed E-state index contributed by atoms with van der Waals surface area (Å²) in [5, 5.41) is 9.72. The van der Waals surface area contributed by atoms with Gasteiger partial charge in [0.15, 0.2) is 5.78 Å². The molecule has 2 aromatic rings. The predicted octanol–water partition coefficient (Wildman–Crippen LogP) is 4.64. The maximum Gasteiger partial charge on any atom is 0.208 e. The molecule has 1 aliphatic rings. The molecule has 0 saturated carbocycles. The highest BCUT2D eigenvalue weighted by Crippen LogP contribution is 2.34. The molecule has 0 atom stereocenters. The Morgan fingerprint density at radius 2 is 1.79 bits per heavy atom. The average molecular weight is 451 g/mol. The number of ketones is 2. The first-order valence-electron chi connectivity index (χ1n) is 7.39. The summed E-state index contributed by atoms with van der Waals surface area (Å²) in [6.07, 6.45) is 4.91. The number of aromatic nitrogens is 1. The van der Waals surface area contributed by atoms with E-state index in [0.29, 0.717) is 26.5 Å². The number of benzene rings is 1. The molecule has 0 aliphatic heterocycles.